The molecule has 0 amide bonds. The van der Waals surface area contributed by atoms with Crippen LogP contribution in [-0.4, -0.2) is 33.1 Å². The van der Waals surface area contributed by atoms with Gasteiger partial charge in [0.2, 0.25) is 0 Å². The summed E-state index contributed by atoms with van der Waals surface area (Å²) in [4.78, 5) is 19.2. The predicted octanol–water partition coefficient (Wildman–Crippen LogP) is 0.879. The number of aliphatic carboxylic acids is 1. The molecule has 2 heterocycles. The lowest BCUT2D eigenvalue weighted by Gasteiger charge is -2.23. The lowest BCUT2D eigenvalue weighted by atomic mass is 9.92. The quantitative estimate of drug-likeness (QED) is 0.822. The molecule has 6 heteroatoms. The van der Waals surface area contributed by atoms with E-state index < -0.39 is 11.5 Å². The molecule has 86 valence electrons. The molecule has 1 unspecified atom stereocenters. The van der Waals surface area contributed by atoms with Gasteiger partial charge in [-0.2, -0.15) is 0 Å². The average Bonchev–Trinajstić information content (AvgIpc) is 2.71. The van der Waals surface area contributed by atoms with Crippen LogP contribution in [-0.2, 0) is 11.2 Å². The molecule has 2 N–H and O–H groups in total. The fraction of sp³-hybridized carbons (Fsp3) is 0.500. The first kappa shape index (κ1) is 11.3. The van der Waals surface area contributed by atoms with Crippen LogP contribution in [0, 0.1) is 0 Å². The maximum atomic E-state index is 11.3. The third-order valence-corrected chi connectivity index (χ3v) is 3.00. The summed E-state index contributed by atoms with van der Waals surface area (Å²) in [7, 11) is 0. The number of hydrogen-bond donors (Lipinski definition) is 2. The molecule has 1 aliphatic heterocycles. The molecule has 1 aromatic rings. The van der Waals surface area contributed by atoms with Crippen LogP contribution >= 0.6 is 11.6 Å². The fourth-order valence-corrected chi connectivity index (χ4v) is 2.05. The summed E-state index contributed by atoms with van der Waals surface area (Å²) < 4.78 is 0. The van der Waals surface area contributed by atoms with Gasteiger partial charge in [0.05, 0.1) is 18.1 Å². The van der Waals surface area contributed by atoms with E-state index in [0.717, 1.165) is 13.0 Å². The van der Waals surface area contributed by atoms with E-state index in [1.807, 2.05) is 0 Å². The number of hydrogen-bond acceptors (Lipinski definition) is 4. The smallest absolute Gasteiger partial charge is 0.324 e. The number of halogens is 1. The average molecular weight is 242 g/mol. The molecule has 1 atom stereocenters. The highest BCUT2D eigenvalue weighted by atomic mass is 35.5. The van der Waals surface area contributed by atoms with E-state index in [1.165, 1.54) is 12.4 Å². The molecule has 0 aliphatic carbocycles. The fourth-order valence-electron chi connectivity index (χ4n) is 1.95. The predicted molar refractivity (Wildman–Crippen MR) is 58.3 cm³/mol. The van der Waals surface area contributed by atoms with Crippen molar-refractivity contribution in [3.05, 3.63) is 23.2 Å². The summed E-state index contributed by atoms with van der Waals surface area (Å²) >= 11 is 5.62. The van der Waals surface area contributed by atoms with Crippen LogP contribution in [0.5, 0.6) is 0 Å². The van der Waals surface area contributed by atoms with Crippen LogP contribution in [0.1, 0.15) is 18.5 Å². The summed E-state index contributed by atoms with van der Waals surface area (Å²) in [5.41, 5.74) is -0.246. The zero-order chi connectivity index (χ0) is 11.6. The van der Waals surface area contributed by atoms with E-state index in [2.05, 4.69) is 15.3 Å². The van der Waals surface area contributed by atoms with Gasteiger partial charge >= 0.3 is 5.97 Å². The van der Waals surface area contributed by atoms with Gasteiger partial charge in [0.1, 0.15) is 10.7 Å². The molecule has 5 nitrogen and oxygen atoms in total. The number of nitrogens with one attached hydrogen (secondary N) is 1. The Kier molecular flexibility index (Phi) is 3.07. The zero-order valence-corrected chi connectivity index (χ0v) is 9.37. The third-order valence-electron chi connectivity index (χ3n) is 2.81. The van der Waals surface area contributed by atoms with E-state index >= 15 is 0 Å². The Balaban J connectivity index is 2.18. The first-order valence-corrected chi connectivity index (χ1v) is 5.45. The lowest BCUT2D eigenvalue weighted by molar-refractivity contribution is -0.144. The van der Waals surface area contributed by atoms with E-state index in [4.69, 9.17) is 11.6 Å². The molecule has 0 aromatic carbocycles. The van der Waals surface area contributed by atoms with Crippen molar-refractivity contribution < 1.29 is 9.90 Å². The number of nitrogens with zero attached hydrogens (tertiary/aromatic N) is 2. The summed E-state index contributed by atoms with van der Waals surface area (Å²) in [6.45, 7) is 0.729. The minimum atomic E-state index is -0.886. The van der Waals surface area contributed by atoms with Gasteiger partial charge in [-0.05, 0) is 19.4 Å². The zero-order valence-electron chi connectivity index (χ0n) is 8.61. The molecule has 1 aliphatic rings. The minimum absolute atomic E-state index is 0.313. The maximum absolute atomic E-state index is 11.3. The molecule has 1 fully saturated rings. The van der Waals surface area contributed by atoms with Crippen LogP contribution in [0.3, 0.4) is 0 Å². The summed E-state index contributed by atoms with van der Waals surface area (Å²) in [5, 5.41) is 12.6. The van der Waals surface area contributed by atoms with Gasteiger partial charge in [-0.25, -0.2) is 4.98 Å². The second kappa shape index (κ2) is 4.35. The molecule has 2 rings (SSSR count). The normalized spacial score (nSPS) is 24.6. The second-order valence-corrected chi connectivity index (χ2v) is 4.31. The molecule has 0 radical (unpaired) electrons. The molecule has 16 heavy (non-hydrogen) atoms. The number of carboxylic acids is 1. The summed E-state index contributed by atoms with van der Waals surface area (Å²) in [5.74, 6) is -0.832. The molecule has 0 saturated carbocycles. The molecule has 1 saturated heterocycles. The van der Waals surface area contributed by atoms with Crippen molar-refractivity contribution in [3.63, 3.8) is 0 Å². The minimum Gasteiger partial charge on any atom is -0.480 e. The van der Waals surface area contributed by atoms with E-state index in [9.17, 15) is 9.90 Å². The van der Waals surface area contributed by atoms with Crippen molar-refractivity contribution in [3.8, 4) is 0 Å². The first-order chi connectivity index (χ1) is 7.62. The molecule has 1 aromatic heterocycles. The van der Waals surface area contributed by atoms with Crippen molar-refractivity contribution >= 4 is 17.6 Å². The largest absolute Gasteiger partial charge is 0.480 e. The monoisotopic (exact) mass is 241 g/mol. The van der Waals surface area contributed by atoms with Crippen LogP contribution in [0.25, 0.3) is 0 Å². The van der Waals surface area contributed by atoms with Crippen molar-refractivity contribution in [1.82, 2.24) is 15.3 Å². The van der Waals surface area contributed by atoms with Crippen molar-refractivity contribution in [2.45, 2.75) is 24.8 Å². The molecular formula is C10H12ClN3O2. The topological polar surface area (TPSA) is 75.1 Å². The number of rotatable bonds is 3. The highest BCUT2D eigenvalue weighted by molar-refractivity contribution is 6.29. The van der Waals surface area contributed by atoms with Gasteiger partial charge in [-0.1, -0.05) is 11.6 Å². The first-order valence-electron chi connectivity index (χ1n) is 5.07. The van der Waals surface area contributed by atoms with Gasteiger partial charge in [-0.3, -0.25) is 9.78 Å². The highest BCUT2D eigenvalue weighted by Gasteiger charge is 2.41. The van der Waals surface area contributed by atoms with Crippen molar-refractivity contribution in [2.24, 2.45) is 0 Å². The van der Waals surface area contributed by atoms with Gasteiger partial charge in [0.15, 0.2) is 0 Å². The highest BCUT2D eigenvalue weighted by Crippen LogP contribution is 2.23. The molecular weight excluding hydrogens is 230 g/mol. The maximum Gasteiger partial charge on any atom is 0.324 e. The summed E-state index contributed by atoms with van der Waals surface area (Å²) in [6, 6.07) is 0. The van der Waals surface area contributed by atoms with Gasteiger partial charge in [0, 0.05) is 6.42 Å². The Bertz CT molecular complexity index is 388. The Labute approximate surface area is 97.9 Å². The van der Waals surface area contributed by atoms with Gasteiger partial charge in [-0.15, -0.1) is 0 Å². The number of carboxylic acid groups (broad SMARTS) is 1. The van der Waals surface area contributed by atoms with Crippen LogP contribution in [0.15, 0.2) is 12.4 Å². The van der Waals surface area contributed by atoms with Crippen molar-refractivity contribution in [2.75, 3.05) is 6.54 Å². The Morgan fingerprint density at radius 2 is 2.38 bits per heavy atom. The van der Waals surface area contributed by atoms with E-state index in [1.54, 1.807) is 0 Å². The molecule has 0 bridgehead atoms. The Morgan fingerprint density at radius 1 is 1.56 bits per heavy atom. The van der Waals surface area contributed by atoms with Crippen molar-refractivity contribution in [1.29, 1.82) is 0 Å². The standard InChI is InChI=1S/C10H12ClN3O2/c11-8-6-12-7(5-13-8)4-10(9(15)16)2-1-3-14-10/h5-6,14H,1-4H2,(H,15,16). The van der Waals surface area contributed by atoms with Crippen LogP contribution in [0.2, 0.25) is 5.15 Å². The van der Waals surface area contributed by atoms with E-state index in [0.29, 0.717) is 23.7 Å². The second-order valence-electron chi connectivity index (χ2n) is 3.92. The van der Waals surface area contributed by atoms with Gasteiger partial charge < -0.3 is 10.4 Å². The summed E-state index contributed by atoms with van der Waals surface area (Å²) in [6.07, 6.45) is 4.78. The molecule has 0 spiro atoms. The SMILES string of the molecule is O=C(O)C1(Cc2cnc(Cl)cn2)CCCN1. The van der Waals surface area contributed by atoms with Crippen LogP contribution in [0.4, 0.5) is 0 Å². The van der Waals surface area contributed by atoms with Gasteiger partial charge in [0.25, 0.3) is 0 Å². The lowest BCUT2D eigenvalue weighted by Crippen LogP contribution is -2.49. The van der Waals surface area contributed by atoms with Crippen LogP contribution < -0.4 is 5.32 Å². The van der Waals surface area contributed by atoms with E-state index in [-0.39, 0.29) is 0 Å². The number of aromatic nitrogens is 2. The third kappa shape index (κ3) is 2.15. The number of carbonyl (C=O) groups is 1. The Hall–Kier alpha value is -1.20. The Morgan fingerprint density at radius 3 is 2.88 bits per heavy atom.